The van der Waals surface area contributed by atoms with Crippen molar-refractivity contribution in [1.29, 1.82) is 0 Å². The van der Waals surface area contributed by atoms with Gasteiger partial charge in [-0.1, -0.05) is 50.6 Å². The molecule has 1 heterocycles. The van der Waals surface area contributed by atoms with Crippen LogP contribution in [0.25, 0.3) is 0 Å². The molecule has 4 nitrogen and oxygen atoms in total. The highest BCUT2D eigenvalue weighted by Gasteiger charge is 2.17. The number of thiazole rings is 1. The Hall–Kier alpha value is -1.15. The molecule has 0 spiro atoms. The van der Waals surface area contributed by atoms with Gasteiger partial charge in [0.2, 0.25) is 0 Å². The monoisotopic (exact) mass is 472 g/mol. The third kappa shape index (κ3) is 7.32. The van der Waals surface area contributed by atoms with Crippen molar-refractivity contribution in [3.05, 3.63) is 51.5 Å². The van der Waals surface area contributed by atoms with Crippen molar-refractivity contribution in [3.63, 3.8) is 0 Å². The molecule has 0 amide bonds. The minimum atomic E-state index is 0. The number of guanidine groups is 1. The Kier molecular flexibility index (Phi) is 8.85. The van der Waals surface area contributed by atoms with Gasteiger partial charge in [-0.05, 0) is 19.4 Å². The van der Waals surface area contributed by atoms with E-state index < -0.39 is 0 Å². The number of hydrogen-bond donors (Lipinski definition) is 2. The van der Waals surface area contributed by atoms with Crippen molar-refractivity contribution in [1.82, 2.24) is 15.6 Å². The van der Waals surface area contributed by atoms with E-state index in [1.54, 1.807) is 11.3 Å². The SMILES string of the molecule is CCNC(=NCc1ccc(C)cc1)NCc1csc(C(C)(C)C)n1.I. The van der Waals surface area contributed by atoms with E-state index in [9.17, 15) is 0 Å². The summed E-state index contributed by atoms with van der Waals surface area (Å²) in [6.07, 6.45) is 0. The summed E-state index contributed by atoms with van der Waals surface area (Å²) in [5, 5.41) is 9.94. The number of aryl methyl sites for hydroxylation is 1. The van der Waals surface area contributed by atoms with Crippen molar-refractivity contribution >= 4 is 41.3 Å². The maximum absolute atomic E-state index is 4.71. The van der Waals surface area contributed by atoms with E-state index >= 15 is 0 Å². The molecule has 0 aliphatic rings. The van der Waals surface area contributed by atoms with Gasteiger partial charge in [-0.2, -0.15) is 0 Å². The Balaban J connectivity index is 0.00000312. The molecule has 2 rings (SSSR count). The van der Waals surface area contributed by atoms with Gasteiger partial charge in [-0.3, -0.25) is 0 Å². The van der Waals surface area contributed by atoms with E-state index in [1.807, 2.05) is 0 Å². The molecule has 0 bridgehead atoms. The summed E-state index contributed by atoms with van der Waals surface area (Å²) < 4.78 is 0. The molecule has 6 heteroatoms. The van der Waals surface area contributed by atoms with Crippen molar-refractivity contribution in [2.75, 3.05) is 6.54 Å². The fourth-order valence-electron chi connectivity index (χ4n) is 2.11. The molecule has 0 unspecified atom stereocenters. The van der Waals surface area contributed by atoms with Gasteiger partial charge in [-0.25, -0.2) is 9.98 Å². The predicted molar refractivity (Wildman–Crippen MR) is 119 cm³/mol. The van der Waals surface area contributed by atoms with Crippen LogP contribution in [0, 0.1) is 6.92 Å². The van der Waals surface area contributed by atoms with E-state index in [1.165, 1.54) is 16.1 Å². The highest BCUT2D eigenvalue weighted by molar-refractivity contribution is 14.0. The molecule has 0 radical (unpaired) electrons. The topological polar surface area (TPSA) is 49.3 Å². The maximum Gasteiger partial charge on any atom is 0.191 e. The lowest BCUT2D eigenvalue weighted by Gasteiger charge is -2.14. The van der Waals surface area contributed by atoms with Crippen LogP contribution in [0.1, 0.15) is 49.5 Å². The molecule has 0 atom stereocenters. The van der Waals surface area contributed by atoms with E-state index in [2.05, 4.69) is 79.9 Å². The normalized spacial score (nSPS) is 11.8. The summed E-state index contributed by atoms with van der Waals surface area (Å²) in [6.45, 7) is 12.9. The molecule has 25 heavy (non-hydrogen) atoms. The second-order valence-electron chi connectivity index (χ2n) is 6.93. The Labute approximate surface area is 172 Å². The largest absolute Gasteiger partial charge is 0.357 e. The Morgan fingerprint density at radius 2 is 1.84 bits per heavy atom. The lowest BCUT2D eigenvalue weighted by molar-refractivity contribution is 0.582. The number of nitrogens with zero attached hydrogens (tertiary/aromatic N) is 2. The average molecular weight is 472 g/mol. The van der Waals surface area contributed by atoms with Gasteiger partial charge in [0.05, 0.1) is 23.8 Å². The van der Waals surface area contributed by atoms with Crippen LogP contribution in [0.5, 0.6) is 0 Å². The highest BCUT2D eigenvalue weighted by atomic mass is 127. The first kappa shape index (κ1) is 21.9. The molecular formula is C19H29IN4S. The van der Waals surface area contributed by atoms with Crippen LogP contribution in [0.2, 0.25) is 0 Å². The number of aromatic nitrogens is 1. The number of aliphatic imine (C=N–C) groups is 1. The molecule has 0 aliphatic heterocycles. The van der Waals surface area contributed by atoms with Crippen molar-refractivity contribution in [2.24, 2.45) is 4.99 Å². The summed E-state index contributed by atoms with van der Waals surface area (Å²) in [5.41, 5.74) is 3.64. The molecule has 2 aromatic rings. The molecule has 0 saturated carbocycles. The zero-order chi connectivity index (χ0) is 17.6. The Morgan fingerprint density at radius 3 is 2.40 bits per heavy atom. The van der Waals surface area contributed by atoms with Gasteiger partial charge in [0, 0.05) is 17.3 Å². The van der Waals surface area contributed by atoms with Crippen molar-refractivity contribution in [2.45, 2.75) is 53.1 Å². The van der Waals surface area contributed by atoms with Crippen LogP contribution in [0.4, 0.5) is 0 Å². The predicted octanol–water partition coefficient (Wildman–Crippen LogP) is 4.62. The second-order valence-corrected chi connectivity index (χ2v) is 7.79. The van der Waals surface area contributed by atoms with Crippen LogP contribution < -0.4 is 10.6 Å². The van der Waals surface area contributed by atoms with Crippen molar-refractivity contribution in [3.8, 4) is 0 Å². The Bertz CT molecular complexity index is 671. The summed E-state index contributed by atoms with van der Waals surface area (Å²) in [4.78, 5) is 9.37. The number of nitrogens with one attached hydrogen (secondary N) is 2. The molecule has 0 saturated heterocycles. The summed E-state index contributed by atoms with van der Waals surface area (Å²) in [5.74, 6) is 0.823. The third-order valence-electron chi connectivity index (χ3n) is 3.51. The quantitative estimate of drug-likeness (QED) is 0.379. The van der Waals surface area contributed by atoms with Gasteiger partial charge in [-0.15, -0.1) is 35.3 Å². The molecule has 0 fully saturated rings. The zero-order valence-electron chi connectivity index (χ0n) is 15.7. The number of halogens is 1. The number of hydrogen-bond acceptors (Lipinski definition) is 3. The lowest BCUT2D eigenvalue weighted by atomic mass is 9.98. The second kappa shape index (κ2) is 10.1. The van der Waals surface area contributed by atoms with Gasteiger partial charge in [0.25, 0.3) is 0 Å². The maximum atomic E-state index is 4.71. The smallest absolute Gasteiger partial charge is 0.191 e. The van der Waals surface area contributed by atoms with Gasteiger partial charge in [0.15, 0.2) is 5.96 Å². The van der Waals surface area contributed by atoms with Gasteiger partial charge >= 0.3 is 0 Å². The van der Waals surface area contributed by atoms with E-state index in [0.29, 0.717) is 13.1 Å². The minimum absolute atomic E-state index is 0. The van der Waals surface area contributed by atoms with Crippen molar-refractivity contribution < 1.29 is 0 Å². The van der Waals surface area contributed by atoms with E-state index in [0.717, 1.165) is 18.2 Å². The van der Waals surface area contributed by atoms with E-state index in [4.69, 9.17) is 4.98 Å². The minimum Gasteiger partial charge on any atom is -0.357 e. The molecule has 0 aliphatic carbocycles. The average Bonchev–Trinajstić information content (AvgIpc) is 3.01. The molecular weight excluding hydrogens is 443 g/mol. The first-order chi connectivity index (χ1) is 11.4. The van der Waals surface area contributed by atoms with Gasteiger partial charge < -0.3 is 10.6 Å². The molecule has 138 valence electrons. The summed E-state index contributed by atoms with van der Waals surface area (Å²) in [6, 6.07) is 8.49. The number of benzene rings is 1. The first-order valence-corrected chi connectivity index (χ1v) is 9.29. The molecule has 1 aromatic heterocycles. The highest BCUT2D eigenvalue weighted by Crippen LogP contribution is 2.25. The summed E-state index contributed by atoms with van der Waals surface area (Å²) >= 11 is 1.72. The first-order valence-electron chi connectivity index (χ1n) is 8.41. The molecule has 1 aromatic carbocycles. The van der Waals surface area contributed by atoms with Crippen LogP contribution in [-0.2, 0) is 18.5 Å². The molecule has 2 N–H and O–H groups in total. The third-order valence-corrected chi connectivity index (χ3v) is 4.83. The summed E-state index contributed by atoms with van der Waals surface area (Å²) in [7, 11) is 0. The zero-order valence-corrected chi connectivity index (χ0v) is 18.9. The fourth-order valence-corrected chi connectivity index (χ4v) is 3.02. The van der Waals surface area contributed by atoms with E-state index in [-0.39, 0.29) is 29.4 Å². The standard InChI is InChI=1S/C19H28N4S.HI/c1-6-20-18(21-11-15-9-7-14(2)8-10-15)22-12-16-13-24-17(23-16)19(3,4)5;/h7-10,13H,6,11-12H2,1-5H3,(H2,20,21,22);1H. The Morgan fingerprint density at radius 1 is 1.16 bits per heavy atom. The van der Waals surface area contributed by atoms with Gasteiger partial charge in [0.1, 0.15) is 0 Å². The van der Waals surface area contributed by atoms with Crippen LogP contribution >= 0.6 is 35.3 Å². The van der Waals surface area contributed by atoms with Crippen LogP contribution in [-0.4, -0.2) is 17.5 Å². The number of rotatable bonds is 5. The van der Waals surface area contributed by atoms with Crippen LogP contribution in [0.3, 0.4) is 0 Å². The fraction of sp³-hybridized carbons (Fsp3) is 0.474. The van der Waals surface area contributed by atoms with Crippen LogP contribution in [0.15, 0.2) is 34.6 Å². The lowest BCUT2D eigenvalue weighted by Crippen LogP contribution is -2.36.